The van der Waals surface area contributed by atoms with Crippen molar-refractivity contribution >= 4 is 15.9 Å². The van der Waals surface area contributed by atoms with Crippen LogP contribution in [0, 0.1) is 20.8 Å². The molecule has 2 heterocycles. The first-order valence-corrected chi connectivity index (χ1v) is 6.08. The second-order valence-corrected chi connectivity index (χ2v) is 4.88. The van der Waals surface area contributed by atoms with E-state index in [0.29, 0.717) is 5.88 Å². The van der Waals surface area contributed by atoms with Crippen LogP contribution in [-0.4, -0.2) is 14.8 Å². The molecule has 90 valence electrons. The van der Waals surface area contributed by atoms with Gasteiger partial charge in [0.15, 0.2) is 5.75 Å². The summed E-state index contributed by atoms with van der Waals surface area (Å²) in [5, 5.41) is 4.30. The van der Waals surface area contributed by atoms with Crippen molar-refractivity contribution in [3.63, 3.8) is 0 Å². The van der Waals surface area contributed by atoms with Crippen LogP contribution in [0.1, 0.15) is 17.0 Å². The third-order valence-electron chi connectivity index (χ3n) is 2.59. The van der Waals surface area contributed by atoms with E-state index in [1.165, 1.54) is 0 Å². The van der Waals surface area contributed by atoms with E-state index in [2.05, 4.69) is 26.0 Å². The van der Waals surface area contributed by atoms with Crippen molar-refractivity contribution in [2.75, 3.05) is 0 Å². The highest BCUT2D eigenvalue weighted by molar-refractivity contribution is 9.10. The molecule has 0 aliphatic rings. The smallest absolute Gasteiger partial charge is 0.233 e. The zero-order valence-corrected chi connectivity index (χ0v) is 11.9. The molecule has 4 nitrogen and oxygen atoms in total. The summed E-state index contributed by atoms with van der Waals surface area (Å²) in [6.07, 6.45) is 1.78. The molecule has 0 N–H and O–H groups in total. The van der Waals surface area contributed by atoms with Gasteiger partial charge in [0.2, 0.25) is 5.88 Å². The fourth-order valence-electron chi connectivity index (χ4n) is 1.59. The summed E-state index contributed by atoms with van der Waals surface area (Å²) in [4.78, 5) is 4.26. The third-order valence-corrected chi connectivity index (χ3v) is 3.15. The Morgan fingerprint density at radius 1 is 1.29 bits per heavy atom. The molecular formula is C12H14BrN3O. The van der Waals surface area contributed by atoms with E-state index in [1.54, 1.807) is 10.9 Å². The summed E-state index contributed by atoms with van der Waals surface area (Å²) in [7, 11) is 1.90. The molecule has 0 atom stereocenters. The summed E-state index contributed by atoms with van der Waals surface area (Å²) < 4.78 is 8.45. The molecule has 0 aliphatic carbocycles. The van der Waals surface area contributed by atoms with Crippen molar-refractivity contribution in [1.29, 1.82) is 0 Å². The summed E-state index contributed by atoms with van der Waals surface area (Å²) >= 11 is 3.45. The Kier molecular flexibility index (Phi) is 3.19. The molecule has 2 rings (SSSR count). The third kappa shape index (κ3) is 2.34. The highest BCUT2D eigenvalue weighted by Crippen LogP contribution is 2.31. The molecule has 0 aliphatic heterocycles. The van der Waals surface area contributed by atoms with Crippen molar-refractivity contribution in [2.24, 2.45) is 7.05 Å². The number of hydrogen-bond acceptors (Lipinski definition) is 3. The van der Waals surface area contributed by atoms with Crippen LogP contribution >= 0.6 is 15.9 Å². The first-order chi connectivity index (χ1) is 7.99. The Morgan fingerprint density at radius 2 is 2.00 bits per heavy atom. The Morgan fingerprint density at radius 3 is 2.53 bits per heavy atom. The molecule has 5 heteroatoms. The minimum absolute atomic E-state index is 0.565. The van der Waals surface area contributed by atoms with Gasteiger partial charge in [-0.25, -0.2) is 4.98 Å². The van der Waals surface area contributed by atoms with Gasteiger partial charge in [-0.1, -0.05) is 0 Å². The van der Waals surface area contributed by atoms with Crippen LogP contribution in [0.3, 0.4) is 0 Å². The molecule has 0 aromatic carbocycles. The fourth-order valence-corrected chi connectivity index (χ4v) is 2.14. The number of halogens is 1. The number of aryl methyl sites for hydroxylation is 3. The highest BCUT2D eigenvalue weighted by atomic mass is 79.9. The lowest BCUT2D eigenvalue weighted by Gasteiger charge is -2.07. The second kappa shape index (κ2) is 4.49. The van der Waals surface area contributed by atoms with E-state index in [9.17, 15) is 0 Å². The highest BCUT2D eigenvalue weighted by Gasteiger charge is 2.13. The molecule has 0 spiro atoms. The zero-order chi connectivity index (χ0) is 12.6. The molecule has 17 heavy (non-hydrogen) atoms. The van der Waals surface area contributed by atoms with Crippen LogP contribution in [0.4, 0.5) is 0 Å². The molecule has 0 unspecified atom stereocenters. The molecular weight excluding hydrogens is 282 g/mol. The van der Waals surface area contributed by atoms with Crippen molar-refractivity contribution in [3.05, 3.63) is 33.7 Å². The average Bonchev–Trinajstić information content (AvgIpc) is 2.48. The van der Waals surface area contributed by atoms with Gasteiger partial charge < -0.3 is 4.74 Å². The molecule has 0 saturated heterocycles. The summed E-state index contributed by atoms with van der Waals surface area (Å²) in [6.45, 7) is 5.88. The van der Waals surface area contributed by atoms with E-state index >= 15 is 0 Å². The van der Waals surface area contributed by atoms with E-state index in [1.807, 2.05) is 33.9 Å². The van der Waals surface area contributed by atoms with Gasteiger partial charge in [-0.3, -0.25) is 4.68 Å². The van der Waals surface area contributed by atoms with Gasteiger partial charge in [-0.05, 0) is 48.3 Å². The van der Waals surface area contributed by atoms with E-state index in [4.69, 9.17) is 4.74 Å². The minimum Gasteiger partial charge on any atom is -0.434 e. The molecule has 0 fully saturated rings. The SMILES string of the molecule is Cc1cnc(Oc2c(C)nn(C)c2C)c(Br)c1. The topological polar surface area (TPSA) is 39.9 Å². The quantitative estimate of drug-likeness (QED) is 0.853. The van der Waals surface area contributed by atoms with Crippen LogP contribution in [0.15, 0.2) is 16.7 Å². The first-order valence-electron chi connectivity index (χ1n) is 5.29. The lowest BCUT2D eigenvalue weighted by molar-refractivity contribution is 0.451. The standard InChI is InChI=1S/C12H14BrN3O/c1-7-5-10(13)12(14-6-7)17-11-8(2)15-16(4)9(11)3/h5-6H,1-4H3. The minimum atomic E-state index is 0.565. The Bertz CT molecular complexity index is 563. The van der Waals surface area contributed by atoms with Crippen LogP contribution < -0.4 is 4.74 Å². The van der Waals surface area contributed by atoms with Crippen LogP contribution in [-0.2, 0) is 7.05 Å². The van der Waals surface area contributed by atoms with Crippen LogP contribution in [0.2, 0.25) is 0 Å². The maximum atomic E-state index is 5.81. The van der Waals surface area contributed by atoms with E-state index < -0.39 is 0 Å². The molecule has 0 radical (unpaired) electrons. The van der Waals surface area contributed by atoms with Gasteiger partial charge in [0, 0.05) is 13.2 Å². The average molecular weight is 296 g/mol. The Labute approximate surface area is 109 Å². The summed E-state index contributed by atoms with van der Waals surface area (Å²) in [5.74, 6) is 1.33. The fraction of sp³-hybridized carbons (Fsp3) is 0.333. The van der Waals surface area contributed by atoms with Crippen LogP contribution in [0.25, 0.3) is 0 Å². The van der Waals surface area contributed by atoms with Crippen molar-refractivity contribution < 1.29 is 4.74 Å². The van der Waals surface area contributed by atoms with Crippen molar-refractivity contribution in [3.8, 4) is 11.6 Å². The number of ether oxygens (including phenoxy) is 1. The monoisotopic (exact) mass is 295 g/mol. The Balaban J connectivity index is 2.38. The van der Waals surface area contributed by atoms with Gasteiger partial charge in [0.1, 0.15) is 5.69 Å². The van der Waals surface area contributed by atoms with Crippen molar-refractivity contribution in [2.45, 2.75) is 20.8 Å². The zero-order valence-electron chi connectivity index (χ0n) is 10.3. The van der Waals surface area contributed by atoms with Gasteiger partial charge in [-0.15, -0.1) is 0 Å². The van der Waals surface area contributed by atoms with Crippen molar-refractivity contribution in [1.82, 2.24) is 14.8 Å². The maximum Gasteiger partial charge on any atom is 0.233 e. The number of hydrogen-bond donors (Lipinski definition) is 0. The second-order valence-electron chi connectivity index (χ2n) is 4.03. The predicted molar refractivity (Wildman–Crippen MR) is 69.4 cm³/mol. The van der Waals surface area contributed by atoms with E-state index in [-0.39, 0.29) is 0 Å². The van der Waals surface area contributed by atoms with Crippen LogP contribution in [0.5, 0.6) is 11.6 Å². The largest absolute Gasteiger partial charge is 0.434 e. The lowest BCUT2D eigenvalue weighted by Crippen LogP contribution is -1.94. The van der Waals surface area contributed by atoms with Gasteiger partial charge in [-0.2, -0.15) is 5.10 Å². The number of nitrogens with zero attached hydrogens (tertiary/aromatic N) is 3. The molecule has 0 saturated carbocycles. The van der Waals surface area contributed by atoms with Gasteiger partial charge in [0.25, 0.3) is 0 Å². The molecule has 2 aromatic rings. The van der Waals surface area contributed by atoms with Gasteiger partial charge in [0.05, 0.1) is 10.2 Å². The molecule has 2 aromatic heterocycles. The maximum absolute atomic E-state index is 5.81. The number of rotatable bonds is 2. The Hall–Kier alpha value is -1.36. The predicted octanol–water partition coefficient (Wildman–Crippen LogP) is 3.30. The number of aromatic nitrogens is 3. The molecule has 0 amide bonds. The van der Waals surface area contributed by atoms with E-state index in [0.717, 1.165) is 27.2 Å². The summed E-state index contributed by atoms with van der Waals surface area (Å²) in [6, 6.07) is 1.98. The normalized spacial score (nSPS) is 10.6. The number of pyridine rings is 1. The first kappa shape index (κ1) is 12.1. The molecule has 0 bridgehead atoms. The van der Waals surface area contributed by atoms with Gasteiger partial charge >= 0.3 is 0 Å². The lowest BCUT2D eigenvalue weighted by atomic mass is 10.3. The summed E-state index contributed by atoms with van der Waals surface area (Å²) in [5.41, 5.74) is 2.93.